The molecule has 0 spiro atoms. The molecular formula is C23H21F3O3. The minimum absolute atomic E-state index is 0.256. The van der Waals surface area contributed by atoms with Gasteiger partial charge in [0.05, 0.1) is 18.1 Å². The highest BCUT2D eigenvalue weighted by molar-refractivity contribution is 5.82. The van der Waals surface area contributed by atoms with Gasteiger partial charge in [0.2, 0.25) is 0 Å². The zero-order chi connectivity index (χ0) is 21.0. The fourth-order valence-corrected chi connectivity index (χ4v) is 4.51. The van der Waals surface area contributed by atoms with Crippen LogP contribution in [0.2, 0.25) is 0 Å². The van der Waals surface area contributed by atoms with Crippen LogP contribution in [0.1, 0.15) is 31.4 Å². The summed E-state index contributed by atoms with van der Waals surface area (Å²) in [5.41, 5.74) is 2.21. The minimum Gasteiger partial charge on any atom is -0.497 e. The Kier molecular flexibility index (Phi) is 4.48. The summed E-state index contributed by atoms with van der Waals surface area (Å²) in [5, 5.41) is 0. The van der Waals surface area contributed by atoms with Gasteiger partial charge in [-0.25, -0.2) is 0 Å². The molecule has 3 nitrogen and oxygen atoms in total. The summed E-state index contributed by atoms with van der Waals surface area (Å²) < 4.78 is 51.2. The van der Waals surface area contributed by atoms with E-state index in [-0.39, 0.29) is 11.7 Å². The maximum absolute atomic E-state index is 13.5. The van der Waals surface area contributed by atoms with Gasteiger partial charge in [-0.2, -0.15) is 13.2 Å². The molecule has 1 aromatic carbocycles. The smallest absolute Gasteiger partial charge is 0.416 e. The molecule has 0 saturated carbocycles. The van der Waals surface area contributed by atoms with Gasteiger partial charge >= 0.3 is 12.1 Å². The Labute approximate surface area is 167 Å². The third kappa shape index (κ3) is 3.20. The largest absolute Gasteiger partial charge is 0.497 e. The number of hydrogen-bond donors (Lipinski definition) is 0. The van der Waals surface area contributed by atoms with Crippen LogP contribution in [0, 0.1) is 11.3 Å². The zero-order valence-corrected chi connectivity index (χ0v) is 16.4. The lowest BCUT2D eigenvalue weighted by atomic mass is 9.61. The molecule has 0 bridgehead atoms. The molecule has 2 atom stereocenters. The predicted molar refractivity (Wildman–Crippen MR) is 103 cm³/mol. The number of allylic oxidation sites excluding steroid dienone is 7. The second-order valence-electron chi connectivity index (χ2n) is 7.78. The fourth-order valence-electron chi connectivity index (χ4n) is 4.51. The number of esters is 1. The van der Waals surface area contributed by atoms with Crippen molar-refractivity contribution in [3.63, 3.8) is 0 Å². The number of hydrogen-bond acceptors (Lipinski definition) is 3. The number of halogens is 3. The topological polar surface area (TPSA) is 35.5 Å². The number of rotatable bonds is 2. The maximum Gasteiger partial charge on any atom is 0.416 e. The summed E-state index contributed by atoms with van der Waals surface area (Å²) >= 11 is 0. The Hall–Kier alpha value is -2.76. The first-order valence-electron chi connectivity index (χ1n) is 9.42. The van der Waals surface area contributed by atoms with E-state index >= 15 is 0 Å². The molecule has 152 valence electrons. The molecule has 0 N–H and O–H groups in total. The molecule has 6 heteroatoms. The van der Waals surface area contributed by atoms with Crippen LogP contribution in [0.5, 0.6) is 5.75 Å². The number of fused-ring (bicyclic) bond motifs is 4. The van der Waals surface area contributed by atoms with Gasteiger partial charge in [0.15, 0.2) is 0 Å². The minimum atomic E-state index is -4.48. The Balaban J connectivity index is 1.93. The number of alkyl halides is 3. The molecule has 0 heterocycles. The van der Waals surface area contributed by atoms with Gasteiger partial charge in [-0.3, -0.25) is 4.79 Å². The first-order chi connectivity index (χ1) is 13.6. The Bertz CT molecular complexity index is 1010. The van der Waals surface area contributed by atoms with Gasteiger partial charge in [0, 0.05) is 12.8 Å². The summed E-state index contributed by atoms with van der Waals surface area (Å²) in [7, 11) is 1.59. The van der Waals surface area contributed by atoms with E-state index in [4.69, 9.17) is 9.47 Å². The van der Waals surface area contributed by atoms with Crippen LogP contribution in [-0.2, 0) is 16.0 Å². The van der Waals surface area contributed by atoms with Crippen molar-refractivity contribution in [3.8, 4) is 5.75 Å². The van der Waals surface area contributed by atoms with Crippen molar-refractivity contribution in [2.75, 3.05) is 7.11 Å². The van der Waals surface area contributed by atoms with Gasteiger partial charge < -0.3 is 9.47 Å². The summed E-state index contributed by atoms with van der Waals surface area (Å²) in [4.78, 5) is 11.7. The second kappa shape index (κ2) is 6.65. The molecule has 29 heavy (non-hydrogen) atoms. The van der Waals surface area contributed by atoms with Gasteiger partial charge in [0.1, 0.15) is 11.5 Å². The van der Waals surface area contributed by atoms with Crippen LogP contribution in [0.15, 0.2) is 59.4 Å². The summed E-state index contributed by atoms with van der Waals surface area (Å²) in [6.07, 6.45) is 2.71. The normalized spacial score (nSPS) is 25.4. The summed E-state index contributed by atoms with van der Waals surface area (Å²) in [5.74, 6) is 0.0234. The number of carbonyl (C=O) groups excluding carboxylic acids is 1. The molecule has 1 aromatic rings. The van der Waals surface area contributed by atoms with E-state index in [2.05, 4.69) is 0 Å². The van der Waals surface area contributed by atoms with E-state index in [1.165, 1.54) is 13.0 Å². The monoisotopic (exact) mass is 402 g/mol. The molecule has 3 aliphatic carbocycles. The van der Waals surface area contributed by atoms with E-state index in [1.807, 2.05) is 18.2 Å². The van der Waals surface area contributed by atoms with Gasteiger partial charge in [-0.15, -0.1) is 0 Å². The lowest BCUT2D eigenvalue weighted by molar-refractivity contribution is -0.138. The van der Waals surface area contributed by atoms with Crippen molar-refractivity contribution in [2.45, 2.75) is 32.9 Å². The van der Waals surface area contributed by atoms with Crippen LogP contribution >= 0.6 is 0 Å². The van der Waals surface area contributed by atoms with Gasteiger partial charge in [-0.05, 0) is 60.2 Å². The maximum atomic E-state index is 13.5. The van der Waals surface area contributed by atoms with E-state index in [1.54, 1.807) is 26.2 Å². The lowest BCUT2D eigenvalue weighted by Gasteiger charge is -2.44. The highest BCUT2D eigenvalue weighted by atomic mass is 19.4. The first-order valence-corrected chi connectivity index (χ1v) is 9.42. The third-order valence-electron chi connectivity index (χ3n) is 5.91. The quantitative estimate of drug-likeness (QED) is 0.610. The Morgan fingerprint density at radius 3 is 2.66 bits per heavy atom. The third-order valence-corrected chi connectivity index (χ3v) is 5.91. The molecule has 2 unspecified atom stereocenters. The molecule has 4 rings (SSSR count). The number of aryl methyl sites for hydroxylation is 1. The van der Waals surface area contributed by atoms with Crippen molar-refractivity contribution in [2.24, 2.45) is 11.3 Å². The van der Waals surface area contributed by atoms with Gasteiger partial charge in [-0.1, -0.05) is 24.3 Å². The highest BCUT2D eigenvalue weighted by Crippen LogP contribution is 2.56. The molecule has 0 saturated heterocycles. The van der Waals surface area contributed by atoms with Crippen molar-refractivity contribution in [1.29, 1.82) is 0 Å². The van der Waals surface area contributed by atoms with Crippen molar-refractivity contribution >= 4 is 11.5 Å². The molecule has 0 aliphatic heterocycles. The Morgan fingerprint density at radius 1 is 1.24 bits per heavy atom. The molecule has 0 aromatic heterocycles. The number of carbonyl (C=O) groups is 1. The molecule has 0 radical (unpaired) electrons. The summed E-state index contributed by atoms with van der Waals surface area (Å²) in [6.45, 7) is 2.96. The molecule has 3 aliphatic rings. The zero-order valence-electron chi connectivity index (χ0n) is 16.4. The van der Waals surface area contributed by atoms with Crippen LogP contribution in [0.4, 0.5) is 13.2 Å². The van der Waals surface area contributed by atoms with Crippen molar-refractivity contribution < 1.29 is 27.4 Å². The van der Waals surface area contributed by atoms with E-state index in [0.29, 0.717) is 5.75 Å². The molecule has 0 amide bonds. The van der Waals surface area contributed by atoms with E-state index in [0.717, 1.165) is 41.2 Å². The second-order valence-corrected chi connectivity index (χ2v) is 7.78. The summed E-state index contributed by atoms with van der Waals surface area (Å²) in [6, 6.07) is 5.83. The predicted octanol–water partition coefficient (Wildman–Crippen LogP) is 5.54. The van der Waals surface area contributed by atoms with Crippen LogP contribution < -0.4 is 4.74 Å². The van der Waals surface area contributed by atoms with Crippen LogP contribution in [0.25, 0.3) is 5.57 Å². The van der Waals surface area contributed by atoms with Crippen molar-refractivity contribution in [3.05, 3.63) is 70.5 Å². The van der Waals surface area contributed by atoms with Crippen LogP contribution in [-0.4, -0.2) is 19.3 Å². The van der Waals surface area contributed by atoms with Crippen LogP contribution in [0.3, 0.4) is 0 Å². The van der Waals surface area contributed by atoms with Gasteiger partial charge in [0.25, 0.3) is 0 Å². The number of ether oxygens (including phenoxy) is 2. The fraction of sp³-hybridized carbons (Fsp3) is 0.348. The SMILES string of the molecule is COc1ccc2c(c1)C1=C(C=C(OC(C)=O)C3(C)C=C(C(F)(F)F)C=CC13)CC2. The van der Waals surface area contributed by atoms with E-state index < -0.39 is 23.1 Å². The average molecular weight is 402 g/mol. The number of benzene rings is 1. The molecular weight excluding hydrogens is 381 g/mol. The first kappa shape index (κ1) is 19.6. The standard InChI is InChI=1S/C23H21F3O3/c1-13(27)29-20-10-15-5-4-14-6-8-17(28-3)11-18(14)21(15)19-9-7-16(23(24,25)26)12-22(19,20)2/h6-12,19H,4-5H2,1-3H3. The number of methoxy groups -OCH3 is 1. The molecule has 0 fully saturated rings. The highest BCUT2D eigenvalue weighted by Gasteiger charge is 2.48. The van der Waals surface area contributed by atoms with E-state index in [9.17, 15) is 18.0 Å². The average Bonchev–Trinajstić information content (AvgIpc) is 2.65. The Morgan fingerprint density at radius 2 is 2.00 bits per heavy atom. The van der Waals surface area contributed by atoms with Crippen molar-refractivity contribution in [1.82, 2.24) is 0 Å². The lowest BCUT2D eigenvalue weighted by Crippen LogP contribution is -2.36.